The Balaban J connectivity index is 1.49. The third kappa shape index (κ3) is 5.52. The van der Waals surface area contributed by atoms with Gasteiger partial charge < -0.3 is 15.0 Å². The largest absolute Gasteiger partial charge is 0.494 e. The van der Waals surface area contributed by atoms with Crippen molar-refractivity contribution in [1.29, 1.82) is 0 Å². The lowest BCUT2D eigenvalue weighted by Gasteiger charge is -2.14. The highest BCUT2D eigenvalue weighted by Gasteiger charge is 2.15. The number of imidazole rings is 1. The lowest BCUT2D eigenvalue weighted by atomic mass is 10.1. The minimum Gasteiger partial charge on any atom is -0.494 e. The Morgan fingerprint density at radius 2 is 1.85 bits per heavy atom. The van der Waals surface area contributed by atoms with E-state index < -0.39 is 10.0 Å². The summed E-state index contributed by atoms with van der Waals surface area (Å²) < 4.78 is 31.6. The highest BCUT2D eigenvalue weighted by atomic mass is 32.2. The van der Waals surface area contributed by atoms with Crippen molar-refractivity contribution in [2.75, 3.05) is 22.9 Å². The summed E-state index contributed by atoms with van der Waals surface area (Å²) in [6.45, 7) is 1.55. The number of ether oxygens (including phenoxy) is 1. The Morgan fingerprint density at radius 3 is 2.62 bits per heavy atom. The van der Waals surface area contributed by atoms with Gasteiger partial charge in [0.15, 0.2) is 5.16 Å². The highest BCUT2D eigenvalue weighted by Crippen LogP contribution is 2.30. The second kappa shape index (κ2) is 10.2. The molecule has 0 saturated heterocycles. The number of aromatic nitrogens is 2. The zero-order valence-corrected chi connectivity index (χ0v) is 20.3. The van der Waals surface area contributed by atoms with Crippen molar-refractivity contribution in [3.8, 4) is 5.75 Å². The number of H-pyrrole nitrogens is 1. The van der Waals surface area contributed by atoms with Crippen LogP contribution in [0, 0.1) is 0 Å². The van der Waals surface area contributed by atoms with E-state index in [0.29, 0.717) is 28.4 Å². The third-order valence-electron chi connectivity index (χ3n) is 5.10. The minimum absolute atomic E-state index is 0.0581. The summed E-state index contributed by atoms with van der Waals surface area (Å²) in [4.78, 5) is 20.9. The van der Waals surface area contributed by atoms with Gasteiger partial charge in [-0.25, -0.2) is 13.4 Å². The van der Waals surface area contributed by atoms with E-state index in [9.17, 15) is 13.2 Å². The zero-order valence-electron chi connectivity index (χ0n) is 18.7. The van der Waals surface area contributed by atoms with Gasteiger partial charge in [0.05, 0.1) is 29.6 Å². The van der Waals surface area contributed by atoms with E-state index in [4.69, 9.17) is 4.74 Å². The number of carbonyl (C=O) groups is 1. The summed E-state index contributed by atoms with van der Waals surface area (Å²) in [5.41, 5.74) is 4.07. The fourth-order valence-electron chi connectivity index (χ4n) is 3.30. The first-order valence-electron chi connectivity index (χ1n) is 10.5. The minimum atomic E-state index is -3.45. The maximum atomic E-state index is 13.1. The molecule has 0 aliphatic heterocycles. The molecule has 3 N–H and O–H groups in total. The number of amides is 1. The van der Waals surface area contributed by atoms with Crippen LogP contribution in [-0.4, -0.2) is 37.2 Å². The Bertz CT molecular complexity index is 1400. The van der Waals surface area contributed by atoms with E-state index in [1.165, 1.54) is 18.9 Å². The first-order chi connectivity index (χ1) is 16.4. The van der Waals surface area contributed by atoms with E-state index in [2.05, 4.69) is 20.0 Å². The molecular weight excluding hydrogens is 472 g/mol. The Kier molecular flexibility index (Phi) is 7.09. The number of thioether (sulfide) groups is 1. The maximum Gasteiger partial charge on any atom is 0.255 e. The van der Waals surface area contributed by atoms with Gasteiger partial charge in [0.2, 0.25) is 10.0 Å². The smallest absolute Gasteiger partial charge is 0.255 e. The molecule has 4 rings (SSSR count). The van der Waals surface area contributed by atoms with E-state index in [0.717, 1.165) is 21.8 Å². The highest BCUT2D eigenvalue weighted by molar-refractivity contribution is 7.98. The number of anilines is 2. The zero-order chi connectivity index (χ0) is 24.1. The van der Waals surface area contributed by atoms with Crippen molar-refractivity contribution in [1.82, 2.24) is 9.97 Å². The van der Waals surface area contributed by atoms with Gasteiger partial charge in [-0.1, -0.05) is 42.1 Å². The van der Waals surface area contributed by atoms with Crippen molar-refractivity contribution in [2.24, 2.45) is 0 Å². The number of rotatable bonds is 9. The standard InChI is InChI=1S/C24H24N4O4S2/c1-3-34(30,31)28-21-13-12-17(14-22(21)32-2)25-23(29)18-9-5-4-8-16(18)15-33-24-26-19-10-6-7-11-20(19)27-24/h4-14,28H,3,15H2,1-2H3,(H,25,29)(H,26,27). The second-order valence-electron chi connectivity index (χ2n) is 7.38. The summed E-state index contributed by atoms with van der Waals surface area (Å²) in [6.07, 6.45) is 0. The molecule has 1 heterocycles. The number of hydrogen-bond acceptors (Lipinski definition) is 6. The molecular formula is C24H24N4O4S2. The fourth-order valence-corrected chi connectivity index (χ4v) is 4.84. The van der Waals surface area contributed by atoms with Crippen molar-refractivity contribution in [2.45, 2.75) is 17.8 Å². The van der Waals surface area contributed by atoms with Gasteiger partial charge in [-0.05, 0) is 42.8 Å². The molecule has 0 saturated carbocycles. The van der Waals surface area contributed by atoms with E-state index >= 15 is 0 Å². The van der Waals surface area contributed by atoms with Crippen molar-refractivity contribution in [3.63, 3.8) is 0 Å². The molecule has 4 aromatic rings. The molecule has 0 spiro atoms. The summed E-state index contributed by atoms with van der Waals surface area (Å²) in [7, 11) is -2.02. The SMILES string of the molecule is CCS(=O)(=O)Nc1ccc(NC(=O)c2ccccc2CSc2nc3ccccc3[nH]2)cc1OC. The van der Waals surface area contributed by atoms with Gasteiger partial charge in [0, 0.05) is 23.1 Å². The molecule has 8 nitrogen and oxygen atoms in total. The van der Waals surface area contributed by atoms with Crippen LogP contribution >= 0.6 is 11.8 Å². The molecule has 34 heavy (non-hydrogen) atoms. The molecule has 0 fully saturated rings. The lowest BCUT2D eigenvalue weighted by molar-refractivity contribution is 0.102. The number of aromatic amines is 1. The predicted molar refractivity (Wildman–Crippen MR) is 136 cm³/mol. The van der Waals surface area contributed by atoms with Gasteiger partial charge in [0.25, 0.3) is 5.91 Å². The van der Waals surface area contributed by atoms with Crippen LogP contribution in [0.4, 0.5) is 11.4 Å². The number of sulfonamides is 1. The van der Waals surface area contributed by atoms with E-state index in [1.54, 1.807) is 31.2 Å². The average molecular weight is 497 g/mol. The number of nitrogens with zero attached hydrogens (tertiary/aromatic N) is 1. The Morgan fingerprint density at radius 1 is 1.09 bits per heavy atom. The van der Waals surface area contributed by atoms with Gasteiger partial charge in [0.1, 0.15) is 5.75 Å². The number of hydrogen-bond donors (Lipinski definition) is 3. The number of fused-ring (bicyclic) bond motifs is 1. The Labute approximate surface area is 202 Å². The van der Waals surface area contributed by atoms with Gasteiger partial charge in [-0.3, -0.25) is 9.52 Å². The second-order valence-corrected chi connectivity index (χ2v) is 10.4. The van der Waals surface area contributed by atoms with Crippen LogP contribution in [-0.2, 0) is 15.8 Å². The third-order valence-corrected chi connectivity index (χ3v) is 7.31. The summed E-state index contributed by atoms with van der Waals surface area (Å²) in [6, 6.07) is 20.0. The number of benzene rings is 3. The monoisotopic (exact) mass is 496 g/mol. The van der Waals surface area contributed by atoms with Crippen LogP contribution < -0.4 is 14.8 Å². The molecule has 0 unspecified atom stereocenters. The van der Waals surface area contributed by atoms with Crippen LogP contribution in [0.1, 0.15) is 22.8 Å². The molecule has 0 radical (unpaired) electrons. The number of nitrogens with one attached hydrogen (secondary N) is 3. The molecule has 0 aliphatic rings. The van der Waals surface area contributed by atoms with Crippen LogP contribution in [0.3, 0.4) is 0 Å². The molecule has 0 aliphatic carbocycles. The van der Waals surface area contributed by atoms with Crippen LogP contribution in [0.5, 0.6) is 5.75 Å². The number of para-hydroxylation sites is 2. The molecule has 1 amide bonds. The fraction of sp³-hybridized carbons (Fsp3) is 0.167. The average Bonchev–Trinajstić information content (AvgIpc) is 3.26. The van der Waals surface area contributed by atoms with Crippen LogP contribution in [0.2, 0.25) is 0 Å². The van der Waals surface area contributed by atoms with Crippen molar-refractivity contribution in [3.05, 3.63) is 77.9 Å². The van der Waals surface area contributed by atoms with Gasteiger partial charge >= 0.3 is 0 Å². The first kappa shape index (κ1) is 23.7. The number of methoxy groups -OCH3 is 1. The quantitative estimate of drug-likeness (QED) is 0.285. The molecule has 1 aromatic heterocycles. The topological polar surface area (TPSA) is 113 Å². The predicted octanol–water partition coefficient (Wildman–Crippen LogP) is 4.88. The number of carbonyl (C=O) groups excluding carboxylic acids is 1. The summed E-state index contributed by atoms with van der Waals surface area (Å²) in [5, 5.41) is 3.65. The van der Waals surface area contributed by atoms with Crippen LogP contribution in [0.15, 0.2) is 71.9 Å². The van der Waals surface area contributed by atoms with Crippen LogP contribution in [0.25, 0.3) is 11.0 Å². The lowest BCUT2D eigenvalue weighted by Crippen LogP contribution is -2.16. The van der Waals surface area contributed by atoms with E-state index in [1.807, 2.05) is 42.5 Å². The molecule has 0 bridgehead atoms. The van der Waals surface area contributed by atoms with Crippen molar-refractivity contribution < 1.29 is 17.9 Å². The maximum absolute atomic E-state index is 13.1. The summed E-state index contributed by atoms with van der Waals surface area (Å²) >= 11 is 1.52. The molecule has 3 aromatic carbocycles. The molecule has 10 heteroatoms. The van der Waals surface area contributed by atoms with E-state index in [-0.39, 0.29) is 11.7 Å². The first-order valence-corrected chi connectivity index (χ1v) is 13.2. The van der Waals surface area contributed by atoms with Gasteiger partial charge in [-0.15, -0.1) is 0 Å². The summed E-state index contributed by atoms with van der Waals surface area (Å²) in [5.74, 6) is 0.537. The molecule has 0 atom stereocenters. The van der Waals surface area contributed by atoms with Crippen molar-refractivity contribution >= 4 is 50.1 Å². The Hall–Kier alpha value is -3.50. The normalized spacial score (nSPS) is 11.4. The van der Waals surface area contributed by atoms with Gasteiger partial charge in [-0.2, -0.15) is 0 Å². The molecule has 176 valence electrons.